The third kappa shape index (κ3) is 2.88. The zero-order valence-corrected chi connectivity index (χ0v) is 12.4. The summed E-state index contributed by atoms with van der Waals surface area (Å²) in [5, 5.41) is 0. The van der Waals surface area contributed by atoms with E-state index in [0.717, 1.165) is 44.1 Å². The standard InChI is InChI=1S/C17H24N2O/c1-14-6-4-10-18(12-14)13-17(20)19-11-5-8-15-7-2-3-9-16(15)19/h2-3,7,9,14H,4-6,8,10-13H2,1H3/p+1/t14-/m1/s1. The van der Waals surface area contributed by atoms with Gasteiger partial charge in [0.2, 0.25) is 0 Å². The van der Waals surface area contributed by atoms with Crippen LogP contribution >= 0.6 is 0 Å². The molecule has 1 saturated heterocycles. The fourth-order valence-electron chi connectivity index (χ4n) is 3.66. The molecule has 3 heteroatoms. The number of piperidine rings is 1. The summed E-state index contributed by atoms with van der Waals surface area (Å²) in [6.45, 7) is 6.17. The van der Waals surface area contributed by atoms with Crippen molar-refractivity contribution in [3.05, 3.63) is 29.8 Å². The molecular weight excluding hydrogens is 248 g/mol. The molecular formula is C17H25N2O+. The summed E-state index contributed by atoms with van der Waals surface area (Å²) in [5.74, 6) is 1.07. The average molecular weight is 273 g/mol. The molecule has 2 atom stereocenters. The molecule has 108 valence electrons. The second-order valence-corrected chi connectivity index (χ2v) is 6.41. The lowest BCUT2D eigenvalue weighted by atomic mass is 10.00. The third-order valence-corrected chi connectivity index (χ3v) is 4.68. The quantitative estimate of drug-likeness (QED) is 0.862. The van der Waals surface area contributed by atoms with Crippen LogP contribution in [0.25, 0.3) is 0 Å². The Morgan fingerprint density at radius 3 is 3.05 bits per heavy atom. The molecule has 0 bridgehead atoms. The molecule has 0 aromatic heterocycles. The smallest absolute Gasteiger partial charge is 0.282 e. The van der Waals surface area contributed by atoms with Crippen molar-refractivity contribution in [2.45, 2.75) is 32.6 Å². The Kier molecular flexibility index (Phi) is 4.06. The van der Waals surface area contributed by atoms with Gasteiger partial charge in [-0.3, -0.25) is 4.79 Å². The largest absolute Gasteiger partial charge is 0.327 e. The van der Waals surface area contributed by atoms with Crippen molar-refractivity contribution in [1.29, 1.82) is 0 Å². The van der Waals surface area contributed by atoms with Crippen LogP contribution in [-0.4, -0.2) is 32.1 Å². The van der Waals surface area contributed by atoms with Crippen molar-refractivity contribution >= 4 is 11.6 Å². The van der Waals surface area contributed by atoms with E-state index >= 15 is 0 Å². The minimum Gasteiger partial charge on any atom is -0.327 e. The molecule has 3 rings (SSSR count). The number of amides is 1. The number of para-hydroxylation sites is 1. The van der Waals surface area contributed by atoms with Crippen molar-refractivity contribution in [3.8, 4) is 0 Å². The zero-order chi connectivity index (χ0) is 13.9. The van der Waals surface area contributed by atoms with Gasteiger partial charge in [-0.2, -0.15) is 0 Å². The molecule has 1 unspecified atom stereocenters. The highest BCUT2D eigenvalue weighted by Crippen LogP contribution is 2.26. The molecule has 1 aromatic rings. The van der Waals surface area contributed by atoms with Crippen LogP contribution in [0.2, 0.25) is 0 Å². The van der Waals surface area contributed by atoms with Gasteiger partial charge in [0.1, 0.15) is 0 Å². The van der Waals surface area contributed by atoms with E-state index in [2.05, 4.69) is 25.1 Å². The summed E-state index contributed by atoms with van der Waals surface area (Å²) in [7, 11) is 0. The lowest BCUT2D eigenvalue weighted by Crippen LogP contribution is -3.14. The number of anilines is 1. The second kappa shape index (κ2) is 5.96. The molecule has 1 fully saturated rings. The van der Waals surface area contributed by atoms with E-state index in [1.165, 1.54) is 23.3 Å². The van der Waals surface area contributed by atoms with Gasteiger partial charge in [0.05, 0.1) is 13.1 Å². The topological polar surface area (TPSA) is 24.8 Å². The van der Waals surface area contributed by atoms with Crippen LogP contribution in [0.5, 0.6) is 0 Å². The van der Waals surface area contributed by atoms with E-state index in [9.17, 15) is 4.79 Å². The van der Waals surface area contributed by atoms with Gasteiger partial charge in [-0.15, -0.1) is 0 Å². The molecule has 2 aliphatic rings. The molecule has 0 saturated carbocycles. The first-order chi connectivity index (χ1) is 9.74. The number of nitrogens with one attached hydrogen (secondary N) is 1. The molecule has 2 aliphatic heterocycles. The third-order valence-electron chi connectivity index (χ3n) is 4.68. The van der Waals surface area contributed by atoms with E-state index in [0.29, 0.717) is 12.5 Å². The van der Waals surface area contributed by atoms with Crippen molar-refractivity contribution in [2.24, 2.45) is 5.92 Å². The van der Waals surface area contributed by atoms with Crippen LogP contribution in [0.1, 0.15) is 31.7 Å². The molecule has 1 amide bonds. The maximum atomic E-state index is 12.6. The fourth-order valence-corrected chi connectivity index (χ4v) is 3.66. The summed E-state index contributed by atoms with van der Waals surface area (Å²) < 4.78 is 0. The van der Waals surface area contributed by atoms with Crippen LogP contribution in [0, 0.1) is 5.92 Å². The number of quaternary nitrogens is 1. The van der Waals surface area contributed by atoms with Crippen LogP contribution < -0.4 is 9.80 Å². The van der Waals surface area contributed by atoms with Gasteiger partial charge in [-0.1, -0.05) is 25.1 Å². The summed E-state index contributed by atoms with van der Waals surface area (Å²) in [5.41, 5.74) is 2.47. The molecule has 0 aliphatic carbocycles. The van der Waals surface area contributed by atoms with Gasteiger partial charge in [0.15, 0.2) is 6.54 Å². The fraction of sp³-hybridized carbons (Fsp3) is 0.588. The molecule has 1 N–H and O–H groups in total. The van der Waals surface area contributed by atoms with Crippen LogP contribution in [-0.2, 0) is 11.2 Å². The lowest BCUT2D eigenvalue weighted by Gasteiger charge is -2.32. The maximum absolute atomic E-state index is 12.6. The molecule has 20 heavy (non-hydrogen) atoms. The SMILES string of the molecule is C[C@@H]1CCC[NH+](CC(=O)N2CCCc3ccccc32)C1. The Balaban J connectivity index is 1.69. The Hall–Kier alpha value is -1.35. The number of fused-ring (bicyclic) bond motifs is 1. The molecule has 3 nitrogen and oxygen atoms in total. The van der Waals surface area contributed by atoms with Crippen LogP contribution in [0.4, 0.5) is 5.69 Å². The Morgan fingerprint density at radius 1 is 1.35 bits per heavy atom. The highest BCUT2D eigenvalue weighted by atomic mass is 16.2. The van der Waals surface area contributed by atoms with E-state index in [1.54, 1.807) is 0 Å². The van der Waals surface area contributed by atoms with Crippen LogP contribution in [0.3, 0.4) is 0 Å². The number of carbonyl (C=O) groups is 1. The van der Waals surface area contributed by atoms with Crippen molar-refractivity contribution in [3.63, 3.8) is 0 Å². The lowest BCUT2D eigenvalue weighted by molar-refractivity contribution is -0.900. The molecule has 0 radical (unpaired) electrons. The van der Waals surface area contributed by atoms with Crippen LogP contribution in [0.15, 0.2) is 24.3 Å². The second-order valence-electron chi connectivity index (χ2n) is 6.41. The summed E-state index contributed by atoms with van der Waals surface area (Å²) in [4.78, 5) is 16.1. The first-order valence-electron chi connectivity index (χ1n) is 7.96. The van der Waals surface area contributed by atoms with Crippen molar-refractivity contribution in [2.75, 3.05) is 31.1 Å². The molecule has 1 aromatic carbocycles. The number of nitrogens with zero attached hydrogens (tertiary/aromatic N) is 1. The number of likely N-dealkylation sites (tertiary alicyclic amines) is 1. The maximum Gasteiger partial charge on any atom is 0.282 e. The van der Waals surface area contributed by atoms with E-state index in [-0.39, 0.29) is 0 Å². The first-order valence-corrected chi connectivity index (χ1v) is 7.96. The summed E-state index contributed by atoms with van der Waals surface area (Å²) >= 11 is 0. The number of hydrogen-bond acceptors (Lipinski definition) is 1. The number of hydrogen-bond donors (Lipinski definition) is 1. The predicted octanol–water partition coefficient (Wildman–Crippen LogP) is 1.28. The monoisotopic (exact) mass is 273 g/mol. The van der Waals surface area contributed by atoms with Gasteiger partial charge in [-0.25, -0.2) is 0 Å². The normalized spacial score (nSPS) is 26.1. The molecule has 0 spiro atoms. The van der Waals surface area contributed by atoms with E-state index in [4.69, 9.17) is 0 Å². The minimum absolute atomic E-state index is 0.307. The van der Waals surface area contributed by atoms with E-state index < -0.39 is 0 Å². The summed E-state index contributed by atoms with van der Waals surface area (Å²) in [6.07, 6.45) is 4.78. The predicted molar refractivity (Wildman–Crippen MR) is 81.1 cm³/mol. The van der Waals surface area contributed by atoms with E-state index in [1.807, 2.05) is 11.0 Å². The van der Waals surface area contributed by atoms with Gasteiger partial charge in [0, 0.05) is 18.2 Å². The molecule has 2 heterocycles. The Labute approximate surface area is 121 Å². The minimum atomic E-state index is 0.307. The highest BCUT2D eigenvalue weighted by Gasteiger charge is 2.27. The van der Waals surface area contributed by atoms with Crippen molar-refractivity contribution < 1.29 is 9.69 Å². The number of benzene rings is 1. The number of carbonyl (C=O) groups excluding carboxylic acids is 1. The van der Waals surface area contributed by atoms with Gasteiger partial charge in [-0.05, 0) is 37.3 Å². The number of aryl methyl sites for hydroxylation is 1. The highest BCUT2D eigenvalue weighted by molar-refractivity contribution is 5.95. The van der Waals surface area contributed by atoms with Gasteiger partial charge in [0.25, 0.3) is 5.91 Å². The first kappa shape index (κ1) is 13.6. The van der Waals surface area contributed by atoms with Crippen molar-refractivity contribution in [1.82, 2.24) is 0 Å². The Bertz CT molecular complexity index is 486. The van der Waals surface area contributed by atoms with Gasteiger partial charge < -0.3 is 9.80 Å². The van der Waals surface area contributed by atoms with Gasteiger partial charge >= 0.3 is 0 Å². The zero-order valence-electron chi connectivity index (χ0n) is 12.4. The number of rotatable bonds is 2. The summed E-state index contributed by atoms with van der Waals surface area (Å²) in [6, 6.07) is 8.37. The Morgan fingerprint density at radius 2 is 2.20 bits per heavy atom. The average Bonchev–Trinajstić information content (AvgIpc) is 2.46.